The summed E-state index contributed by atoms with van der Waals surface area (Å²) in [4.78, 5) is 0.177. The highest BCUT2D eigenvalue weighted by atomic mass is 32.2. The van der Waals surface area contributed by atoms with E-state index in [1.54, 1.807) is 36.4 Å². The van der Waals surface area contributed by atoms with Gasteiger partial charge in [0.2, 0.25) is 10.0 Å². The van der Waals surface area contributed by atoms with Crippen molar-refractivity contribution in [2.24, 2.45) is 0 Å². The van der Waals surface area contributed by atoms with Crippen LogP contribution in [0.25, 0.3) is 0 Å². The van der Waals surface area contributed by atoms with Gasteiger partial charge in [-0.2, -0.15) is 4.72 Å². The standard InChI is InChI=1S/C21H20FNO2S/c1-15-6-10-17(11-7-15)21(18-4-3-5-19(22)14-18)23-26(24,25)20-12-8-16(2)9-13-20/h3-14,21,23H,1-2H3/t21-/m0/s1. The number of nitrogens with one attached hydrogen (secondary N) is 1. The van der Waals surface area contributed by atoms with E-state index < -0.39 is 21.9 Å². The van der Waals surface area contributed by atoms with Gasteiger partial charge in [0.1, 0.15) is 5.82 Å². The predicted octanol–water partition coefficient (Wildman–Crippen LogP) is 4.51. The van der Waals surface area contributed by atoms with E-state index in [-0.39, 0.29) is 4.90 Å². The first-order valence-electron chi connectivity index (χ1n) is 8.26. The summed E-state index contributed by atoms with van der Waals surface area (Å²) in [7, 11) is -3.77. The van der Waals surface area contributed by atoms with Gasteiger partial charge in [-0.25, -0.2) is 12.8 Å². The molecule has 1 atom stereocenters. The van der Waals surface area contributed by atoms with Gasteiger partial charge in [0.25, 0.3) is 0 Å². The van der Waals surface area contributed by atoms with Crippen LogP contribution in [0.2, 0.25) is 0 Å². The smallest absolute Gasteiger partial charge is 0.207 e. The summed E-state index contributed by atoms with van der Waals surface area (Å²) < 4.78 is 42.1. The van der Waals surface area contributed by atoms with Crippen molar-refractivity contribution in [3.05, 3.63) is 101 Å². The zero-order valence-corrected chi connectivity index (χ0v) is 15.4. The second-order valence-corrected chi connectivity index (χ2v) is 8.05. The molecule has 0 saturated heterocycles. The lowest BCUT2D eigenvalue weighted by Gasteiger charge is -2.20. The molecule has 1 N–H and O–H groups in total. The monoisotopic (exact) mass is 369 g/mol. The van der Waals surface area contributed by atoms with E-state index in [4.69, 9.17) is 0 Å². The molecular weight excluding hydrogens is 349 g/mol. The van der Waals surface area contributed by atoms with Crippen molar-refractivity contribution < 1.29 is 12.8 Å². The molecule has 0 spiro atoms. The first kappa shape index (κ1) is 18.3. The van der Waals surface area contributed by atoms with Gasteiger partial charge in [0.15, 0.2) is 0 Å². The van der Waals surface area contributed by atoms with E-state index in [9.17, 15) is 12.8 Å². The molecule has 134 valence electrons. The summed E-state index contributed by atoms with van der Waals surface area (Å²) in [5.41, 5.74) is 3.33. The topological polar surface area (TPSA) is 46.2 Å². The molecule has 3 rings (SSSR count). The zero-order valence-electron chi connectivity index (χ0n) is 14.6. The molecule has 0 radical (unpaired) electrons. The third-order valence-corrected chi connectivity index (χ3v) is 5.64. The van der Waals surface area contributed by atoms with Crippen molar-refractivity contribution in [1.29, 1.82) is 0 Å². The Morgan fingerprint density at radius 2 is 1.38 bits per heavy atom. The number of benzene rings is 3. The van der Waals surface area contributed by atoms with Crippen LogP contribution in [0.15, 0.2) is 77.7 Å². The summed E-state index contributed by atoms with van der Waals surface area (Å²) in [6.45, 7) is 3.85. The molecule has 0 heterocycles. The van der Waals surface area contributed by atoms with Gasteiger partial charge in [-0.1, -0.05) is 59.7 Å². The zero-order chi connectivity index (χ0) is 18.7. The van der Waals surface area contributed by atoms with E-state index >= 15 is 0 Å². The van der Waals surface area contributed by atoms with Gasteiger partial charge in [-0.15, -0.1) is 0 Å². The summed E-state index contributed by atoms with van der Waals surface area (Å²) in [6, 6.07) is 19.4. The highest BCUT2D eigenvalue weighted by molar-refractivity contribution is 7.89. The van der Waals surface area contributed by atoms with Crippen LogP contribution >= 0.6 is 0 Å². The third kappa shape index (κ3) is 4.18. The minimum absolute atomic E-state index is 0.177. The van der Waals surface area contributed by atoms with Gasteiger partial charge < -0.3 is 0 Å². The second kappa shape index (κ2) is 7.40. The largest absolute Gasteiger partial charge is 0.241 e. The van der Waals surface area contributed by atoms with Gasteiger partial charge in [0, 0.05) is 0 Å². The fraction of sp³-hybridized carbons (Fsp3) is 0.143. The number of sulfonamides is 1. The Labute approximate surface area is 153 Å². The van der Waals surface area contributed by atoms with Crippen LogP contribution in [0.1, 0.15) is 28.3 Å². The fourth-order valence-electron chi connectivity index (χ4n) is 2.71. The van der Waals surface area contributed by atoms with Crippen LogP contribution < -0.4 is 4.72 Å². The summed E-state index contributed by atoms with van der Waals surface area (Å²) in [5.74, 6) is -0.408. The molecule has 0 unspecified atom stereocenters. The Bertz CT molecular complexity index is 997. The first-order chi connectivity index (χ1) is 12.3. The van der Waals surface area contributed by atoms with E-state index in [1.807, 2.05) is 38.1 Å². The number of hydrogen-bond donors (Lipinski definition) is 1. The van der Waals surface area contributed by atoms with E-state index in [0.29, 0.717) is 5.56 Å². The predicted molar refractivity (Wildman–Crippen MR) is 101 cm³/mol. The quantitative estimate of drug-likeness (QED) is 0.719. The van der Waals surface area contributed by atoms with E-state index in [0.717, 1.165) is 16.7 Å². The van der Waals surface area contributed by atoms with Crippen molar-refractivity contribution >= 4 is 10.0 Å². The maximum Gasteiger partial charge on any atom is 0.241 e. The molecule has 0 aliphatic carbocycles. The number of halogens is 1. The van der Waals surface area contributed by atoms with Crippen LogP contribution in [0, 0.1) is 19.7 Å². The van der Waals surface area contributed by atoms with Gasteiger partial charge in [-0.3, -0.25) is 0 Å². The molecule has 3 nitrogen and oxygen atoms in total. The Morgan fingerprint density at radius 1 is 0.808 bits per heavy atom. The molecule has 26 heavy (non-hydrogen) atoms. The SMILES string of the molecule is Cc1ccc([C@H](NS(=O)(=O)c2ccc(C)cc2)c2cccc(F)c2)cc1. The van der Waals surface area contributed by atoms with Crippen LogP contribution in [-0.4, -0.2) is 8.42 Å². The number of aryl methyl sites for hydroxylation is 2. The lowest BCUT2D eigenvalue weighted by molar-refractivity contribution is 0.570. The molecule has 0 aliphatic heterocycles. The lowest BCUT2D eigenvalue weighted by Crippen LogP contribution is -2.29. The van der Waals surface area contributed by atoms with Crippen LogP contribution in [0.5, 0.6) is 0 Å². The first-order valence-corrected chi connectivity index (χ1v) is 9.74. The minimum Gasteiger partial charge on any atom is -0.207 e. The average Bonchev–Trinajstić information content (AvgIpc) is 2.61. The van der Waals surface area contributed by atoms with E-state index in [2.05, 4.69) is 4.72 Å². The number of hydrogen-bond acceptors (Lipinski definition) is 2. The van der Waals surface area contributed by atoms with Crippen LogP contribution in [0.3, 0.4) is 0 Å². The van der Waals surface area contributed by atoms with E-state index in [1.165, 1.54) is 12.1 Å². The van der Waals surface area contributed by atoms with Gasteiger partial charge in [0.05, 0.1) is 10.9 Å². The normalized spacial score (nSPS) is 12.7. The molecule has 0 amide bonds. The van der Waals surface area contributed by atoms with Crippen molar-refractivity contribution in [2.45, 2.75) is 24.8 Å². The molecule has 0 fully saturated rings. The lowest BCUT2D eigenvalue weighted by atomic mass is 9.99. The average molecular weight is 369 g/mol. The summed E-state index contributed by atoms with van der Waals surface area (Å²) in [6.07, 6.45) is 0. The van der Waals surface area contributed by atoms with Gasteiger partial charge in [-0.05, 0) is 49.2 Å². The Morgan fingerprint density at radius 3 is 1.96 bits per heavy atom. The summed E-state index contributed by atoms with van der Waals surface area (Å²) in [5, 5.41) is 0. The van der Waals surface area contributed by atoms with Crippen LogP contribution in [-0.2, 0) is 10.0 Å². The maximum absolute atomic E-state index is 13.7. The Kier molecular flexibility index (Phi) is 5.20. The minimum atomic E-state index is -3.77. The van der Waals surface area contributed by atoms with Crippen molar-refractivity contribution in [1.82, 2.24) is 4.72 Å². The molecule has 0 aliphatic rings. The van der Waals surface area contributed by atoms with Crippen molar-refractivity contribution in [3.63, 3.8) is 0 Å². The fourth-order valence-corrected chi connectivity index (χ4v) is 3.93. The number of rotatable bonds is 5. The highest BCUT2D eigenvalue weighted by Gasteiger charge is 2.23. The Balaban J connectivity index is 2.03. The van der Waals surface area contributed by atoms with Crippen molar-refractivity contribution in [2.75, 3.05) is 0 Å². The van der Waals surface area contributed by atoms with Gasteiger partial charge >= 0.3 is 0 Å². The molecule has 3 aromatic rings. The molecule has 0 saturated carbocycles. The highest BCUT2D eigenvalue weighted by Crippen LogP contribution is 2.25. The molecule has 0 aromatic heterocycles. The van der Waals surface area contributed by atoms with Crippen molar-refractivity contribution in [3.8, 4) is 0 Å². The third-order valence-electron chi connectivity index (χ3n) is 4.20. The molecule has 5 heteroatoms. The maximum atomic E-state index is 13.7. The molecule has 3 aromatic carbocycles. The Hall–Kier alpha value is -2.50. The molecular formula is C21H20FNO2S. The summed E-state index contributed by atoms with van der Waals surface area (Å²) >= 11 is 0. The van der Waals surface area contributed by atoms with Crippen LogP contribution in [0.4, 0.5) is 4.39 Å². The molecule has 0 bridgehead atoms. The second-order valence-electron chi connectivity index (χ2n) is 6.33.